The molecule has 1 fully saturated rings. The average molecular weight is 396 g/mol. The Morgan fingerprint density at radius 3 is 2.23 bits per heavy atom. The van der Waals surface area contributed by atoms with E-state index in [1.165, 1.54) is 19.2 Å². The molecule has 0 bridgehead atoms. The Morgan fingerprint density at radius 1 is 1.19 bits per heavy atom. The Kier molecular flexibility index (Phi) is 5.62. The van der Waals surface area contributed by atoms with Crippen LogP contribution in [0.25, 0.3) is 11.1 Å². The summed E-state index contributed by atoms with van der Waals surface area (Å²) in [4.78, 5) is 11.9. The van der Waals surface area contributed by atoms with Crippen molar-refractivity contribution in [2.75, 3.05) is 13.7 Å². The minimum Gasteiger partial charge on any atom is -0.468 e. The van der Waals surface area contributed by atoms with Crippen molar-refractivity contribution in [3.63, 3.8) is 0 Å². The first-order valence-corrected chi connectivity index (χ1v) is 9.83. The fourth-order valence-electron chi connectivity index (χ4n) is 2.53. The van der Waals surface area contributed by atoms with Gasteiger partial charge in [-0.3, -0.25) is 4.79 Å². The van der Waals surface area contributed by atoms with E-state index in [4.69, 9.17) is 16.3 Å². The van der Waals surface area contributed by atoms with Gasteiger partial charge in [0.1, 0.15) is 6.04 Å². The van der Waals surface area contributed by atoms with E-state index >= 15 is 0 Å². The number of ether oxygens (including phenoxy) is 2. The molecule has 0 radical (unpaired) electrons. The van der Waals surface area contributed by atoms with Crippen molar-refractivity contribution >= 4 is 27.6 Å². The second kappa shape index (κ2) is 7.75. The fourth-order valence-corrected chi connectivity index (χ4v) is 3.85. The van der Waals surface area contributed by atoms with E-state index in [2.05, 4.69) is 9.46 Å². The van der Waals surface area contributed by atoms with Gasteiger partial charge in [0.15, 0.2) is 0 Å². The molecule has 1 N–H and O–H groups in total. The number of epoxide rings is 1. The van der Waals surface area contributed by atoms with E-state index in [9.17, 15) is 13.2 Å². The van der Waals surface area contributed by atoms with Crippen molar-refractivity contribution in [1.82, 2.24) is 4.72 Å². The SMILES string of the molecule is COC(=O)C(CC1CO1)NS(=O)(=O)c1ccc(-c2ccc(Cl)cc2)cc1. The quantitative estimate of drug-likeness (QED) is 0.575. The first-order chi connectivity index (χ1) is 12.4. The second-order valence-corrected chi connectivity index (χ2v) is 8.07. The number of halogens is 1. The van der Waals surface area contributed by atoms with Gasteiger partial charge >= 0.3 is 5.97 Å². The van der Waals surface area contributed by atoms with Crippen LogP contribution in [0.15, 0.2) is 53.4 Å². The van der Waals surface area contributed by atoms with E-state index in [0.29, 0.717) is 11.6 Å². The van der Waals surface area contributed by atoms with Crippen LogP contribution in [0.2, 0.25) is 5.02 Å². The van der Waals surface area contributed by atoms with Gasteiger partial charge in [-0.1, -0.05) is 35.9 Å². The molecule has 2 aromatic carbocycles. The van der Waals surface area contributed by atoms with Crippen LogP contribution in [0.4, 0.5) is 0 Å². The van der Waals surface area contributed by atoms with Gasteiger partial charge < -0.3 is 9.47 Å². The third-order valence-corrected chi connectivity index (χ3v) is 5.77. The number of hydrogen-bond acceptors (Lipinski definition) is 5. The largest absolute Gasteiger partial charge is 0.468 e. The Labute approximate surface area is 157 Å². The third-order valence-electron chi connectivity index (χ3n) is 4.03. The highest BCUT2D eigenvalue weighted by atomic mass is 35.5. The molecule has 3 rings (SSSR count). The average Bonchev–Trinajstić information content (AvgIpc) is 3.45. The standard InChI is InChI=1S/C18H18ClNO5S/c1-24-18(21)17(10-15-11-25-15)20-26(22,23)16-8-4-13(5-9-16)12-2-6-14(19)7-3-12/h2-9,15,17,20H,10-11H2,1H3. The summed E-state index contributed by atoms with van der Waals surface area (Å²) >= 11 is 5.88. The molecule has 138 valence electrons. The molecule has 8 heteroatoms. The molecule has 0 saturated carbocycles. The van der Waals surface area contributed by atoms with Gasteiger partial charge in [-0.05, 0) is 35.4 Å². The number of nitrogens with one attached hydrogen (secondary N) is 1. The highest BCUT2D eigenvalue weighted by Gasteiger charge is 2.34. The third kappa shape index (κ3) is 4.62. The predicted molar refractivity (Wildman–Crippen MR) is 97.4 cm³/mol. The zero-order valence-corrected chi connectivity index (χ0v) is 15.6. The number of esters is 1. The maximum Gasteiger partial charge on any atom is 0.324 e. The summed E-state index contributed by atoms with van der Waals surface area (Å²) in [7, 11) is -2.65. The van der Waals surface area contributed by atoms with Crippen molar-refractivity contribution in [3.8, 4) is 11.1 Å². The van der Waals surface area contributed by atoms with Gasteiger partial charge in [0.25, 0.3) is 0 Å². The molecule has 0 amide bonds. The summed E-state index contributed by atoms with van der Waals surface area (Å²) in [6.07, 6.45) is 0.128. The fraction of sp³-hybridized carbons (Fsp3) is 0.278. The summed E-state index contributed by atoms with van der Waals surface area (Å²) in [5, 5.41) is 0.630. The van der Waals surface area contributed by atoms with Gasteiger partial charge in [-0.25, -0.2) is 8.42 Å². The lowest BCUT2D eigenvalue weighted by atomic mass is 10.1. The molecule has 0 aliphatic carbocycles. The molecule has 1 aliphatic rings. The molecule has 1 heterocycles. The topological polar surface area (TPSA) is 85.0 Å². The van der Waals surface area contributed by atoms with Crippen molar-refractivity contribution < 1.29 is 22.7 Å². The smallest absolute Gasteiger partial charge is 0.324 e. The van der Waals surface area contributed by atoms with Gasteiger partial charge in [0, 0.05) is 11.4 Å². The zero-order chi connectivity index (χ0) is 18.7. The molecule has 6 nitrogen and oxygen atoms in total. The normalized spacial score (nSPS) is 17.5. The van der Waals surface area contributed by atoms with Gasteiger partial charge in [-0.15, -0.1) is 0 Å². The summed E-state index contributed by atoms with van der Waals surface area (Å²) in [5.41, 5.74) is 1.78. The Bertz CT molecular complexity index is 877. The van der Waals surface area contributed by atoms with Gasteiger partial charge in [0.2, 0.25) is 10.0 Å². The molecule has 2 unspecified atom stereocenters. The number of sulfonamides is 1. The van der Waals surface area contributed by atoms with Crippen LogP contribution in [0, 0.1) is 0 Å². The van der Waals surface area contributed by atoms with Crippen molar-refractivity contribution in [2.24, 2.45) is 0 Å². The zero-order valence-electron chi connectivity index (χ0n) is 14.0. The number of methoxy groups -OCH3 is 1. The Hall–Kier alpha value is -1.93. The number of benzene rings is 2. The van der Waals surface area contributed by atoms with E-state index in [1.807, 2.05) is 12.1 Å². The van der Waals surface area contributed by atoms with Gasteiger partial charge in [0.05, 0.1) is 24.7 Å². The summed E-state index contributed by atoms with van der Waals surface area (Å²) in [5.74, 6) is -0.637. The minimum atomic E-state index is -3.87. The number of hydrogen-bond donors (Lipinski definition) is 1. The molecule has 1 saturated heterocycles. The summed E-state index contributed by atoms with van der Waals surface area (Å²) in [6, 6.07) is 12.7. The van der Waals surface area contributed by atoms with Gasteiger partial charge in [-0.2, -0.15) is 4.72 Å². The molecular formula is C18H18ClNO5S. The highest BCUT2D eigenvalue weighted by molar-refractivity contribution is 7.89. The van der Waals surface area contributed by atoms with E-state index in [0.717, 1.165) is 11.1 Å². The predicted octanol–water partition coefficient (Wildman–Crippen LogP) is 2.62. The van der Waals surface area contributed by atoms with Crippen molar-refractivity contribution in [1.29, 1.82) is 0 Å². The van der Waals surface area contributed by atoms with Crippen LogP contribution in [0.1, 0.15) is 6.42 Å². The van der Waals surface area contributed by atoms with Crippen molar-refractivity contribution in [2.45, 2.75) is 23.5 Å². The first-order valence-electron chi connectivity index (χ1n) is 7.97. The van der Waals surface area contributed by atoms with Crippen LogP contribution in [0.5, 0.6) is 0 Å². The van der Waals surface area contributed by atoms with E-state index < -0.39 is 22.0 Å². The molecular weight excluding hydrogens is 378 g/mol. The lowest BCUT2D eigenvalue weighted by Gasteiger charge is -2.16. The lowest BCUT2D eigenvalue weighted by molar-refractivity contribution is -0.142. The monoisotopic (exact) mass is 395 g/mol. The summed E-state index contributed by atoms with van der Waals surface area (Å²) in [6.45, 7) is 0.519. The Balaban J connectivity index is 1.77. The van der Waals surface area contributed by atoms with E-state index in [1.54, 1.807) is 24.3 Å². The molecule has 2 aromatic rings. The molecule has 26 heavy (non-hydrogen) atoms. The number of carbonyl (C=O) groups excluding carboxylic acids is 1. The molecule has 2 atom stereocenters. The second-order valence-electron chi connectivity index (χ2n) is 5.92. The van der Waals surface area contributed by atoms with Crippen LogP contribution in [0.3, 0.4) is 0 Å². The van der Waals surface area contributed by atoms with Crippen LogP contribution < -0.4 is 4.72 Å². The summed E-state index contributed by atoms with van der Waals surface area (Å²) < 4.78 is 37.3. The van der Waals surface area contributed by atoms with Crippen molar-refractivity contribution in [3.05, 3.63) is 53.6 Å². The maximum absolute atomic E-state index is 12.6. The molecule has 0 spiro atoms. The number of carbonyl (C=O) groups is 1. The minimum absolute atomic E-state index is 0.0702. The van der Waals surface area contributed by atoms with E-state index in [-0.39, 0.29) is 17.4 Å². The maximum atomic E-state index is 12.6. The van der Waals surface area contributed by atoms with Crippen LogP contribution in [-0.4, -0.2) is 40.2 Å². The number of rotatable bonds is 7. The Morgan fingerprint density at radius 2 is 1.73 bits per heavy atom. The van der Waals surface area contributed by atoms with Crippen LogP contribution >= 0.6 is 11.6 Å². The molecule has 0 aromatic heterocycles. The van der Waals surface area contributed by atoms with Crippen LogP contribution in [-0.2, 0) is 24.3 Å². The lowest BCUT2D eigenvalue weighted by Crippen LogP contribution is -2.42. The molecule has 1 aliphatic heterocycles. The first kappa shape index (κ1) is 18.8. The highest BCUT2D eigenvalue weighted by Crippen LogP contribution is 2.24.